The molecule has 2 aromatic heterocycles. The van der Waals surface area contributed by atoms with Crippen molar-refractivity contribution in [1.82, 2.24) is 14.8 Å². The second-order valence-corrected chi connectivity index (χ2v) is 7.12. The van der Waals surface area contributed by atoms with Gasteiger partial charge in [-0.15, -0.1) is 16.4 Å². The molecule has 2 atom stereocenters. The topological polar surface area (TPSA) is 76.7 Å². The molecular formula is C11H15BrN4OS2. The highest BCUT2D eigenvalue weighted by Crippen LogP contribution is 2.40. The Morgan fingerprint density at radius 3 is 2.89 bits per heavy atom. The monoisotopic (exact) mass is 362 g/mol. The minimum atomic E-state index is -0.210. The zero-order valence-corrected chi connectivity index (χ0v) is 13.8. The number of aromatic amines is 1. The molecule has 5 nitrogen and oxygen atoms in total. The van der Waals surface area contributed by atoms with E-state index in [0.717, 1.165) is 10.9 Å². The fourth-order valence-corrected chi connectivity index (χ4v) is 4.53. The number of H-pyrrole nitrogens is 1. The van der Waals surface area contributed by atoms with Crippen molar-refractivity contribution in [3.8, 4) is 0 Å². The average molecular weight is 363 g/mol. The molecule has 0 aliphatic rings. The van der Waals surface area contributed by atoms with E-state index < -0.39 is 0 Å². The summed E-state index contributed by atoms with van der Waals surface area (Å²) >= 11 is 6.64. The normalized spacial score (nSPS) is 14.5. The molecule has 2 rings (SSSR count). The molecule has 8 heteroatoms. The van der Waals surface area contributed by atoms with Crippen molar-refractivity contribution in [2.45, 2.75) is 29.8 Å². The summed E-state index contributed by atoms with van der Waals surface area (Å²) in [6, 6.07) is 2.09. The second-order valence-electron chi connectivity index (χ2n) is 4.15. The van der Waals surface area contributed by atoms with Gasteiger partial charge < -0.3 is 5.73 Å². The highest BCUT2D eigenvalue weighted by Gasteiger charge is 2.24. The van der Waals surface area contributed by atoms with Gasteiger partial charge in [0.1, 0.15) is 0 Å². The van der Waals surface area contributed by atoms with Crippen LogP contribution in [0.15, 0.2) is 25.9 Å². The Balaban J connectivity index is 2.29. The molecule has 2 aromatic rings. The summed E-state index contributed by atoms with van der Waals surface area (Å²) in [7, 11) is 1.70. The van der Waals surface area contributed by atoms with Crippen LogP contribution in [0, 0.1) is 0 Å². The lowest BCUT2D eigenvalue weighted by atomic mass is 10.1. The number of nitrogens with two attached hydrogens (primary N) is 1. The van der Waals surface area contributed by atoms with E-state index in [4.69, 9.17) is 5.73 Å². The van der Waals surface area contributed by atoms with E-state index in [1.54, 1.807) is 18.4 Å². The molecule has 3 N–H and O–H groups in total. The van der Waals surface area contributed by atoms with E-state index in [0.29, 0.717) is 5.16 Å². The maximum absolute atomic E-state index is 11.4. The molecule has 0 saturated heterocycles. The van der Waals surface area contributed by atoms with Gasteiger partial charge in [-0.25, -0.2) is 9.89 Å². The Labute approximate surface area is 127 Å². The first-order chi connectivity index (χ1) is 9.02. The van der Waals surface area contributed by atoms with Gasteiger partial charge in [-0.3, -0.25) is 4.57 Å². The third-order valence-corrected chi connectivity index (χ3v) is 6.16. The molecule has 0 amide bonds. The fraction of sp³-hybridized carbons (Fsp3) is 0.455. The van der Waals surface area contributed by atoms with Gasteiger partial charge in [0.15, 0.2) is 5.16 Å². The number of hydrogen-bond acceptors (Lipinski definition) is 5. The minimum Gasteiger partial charge on any atom is -0.326 e. The summed E-state index contributed by atoms with van der Waals surface area (Å²) in [4.78, 5) is 12.6. The maximum atomic E-state index is 11.4. The Bertz CT molecular complexity index is 606. The van der Waals surface area contributed by atoms with Crippen LogP contribution >= 0.6 is 39.0 Å². The van der Waals surface area contributed by atoms with Crippen LogP contribution in [0.4, 0.5) is 0 Å². The van der Waals surface area contributed by atoms with Crippen molar-refractivity contribution >= 4 is 39.0 Å². The largest absolute Gasteiger partial charge is 0.343 e. The molecule has 0 spiro atoms. The van der Waals surface area contributed by atoms with Crippen LogP contribution in [0.25, 0.3) is 0 Å². The summed E-state index contributed by atoms with van der Waals surface area (Å²) in [6.45, 7) is 2.06. The van der Waals surface area contributed by atoms with Gasteiger partial charge in [0.2, 0.25) is 0 Å². The minimum absolute atomic E-state index is 0.0161. The van der Waals surface area contributed by atoms with E-state index in [2.05, 4.69) is 39.1 Å². The van der Waals surface area contributed by atoms with Gasteiger partial charge in [-0.2, -0.15) is 0 Å². The van der Waals surface area contributed by atoms with Crippen LogP contribution in [0.3, 0.4) is 0 Å². The molecule has 0 saturated carbocycles. The molecule has 0 aromatic carbocycles. The van der Waals surface area contributed by atoms with Gasteiger partial charge in [0.25, 0.3) is 0 Å². The molecule has 0 aliphatic carbocycles. The van der Waals surface area contributed by atoms with E-state index in [1.165, 1.54) is 21.2 Å². The quantitative estimate of drug-likeness (QED) is 0.801. The number of thiophene rings is 1. The average Bonchev–Trinajstić information content (AvgIpc) is 2.95. The lowest BCUT2D eigenvalue weighted by Gasteiger charge is -2.20. The highest BCUT2D eigenvalue weighted by atomic mass is 79.9. The number of rotatable bonds is 5. The van der Waals surface area contributed by atoms with Crippen molar-refractivity contribution in [3.63, 3.8) is 0 Å². The van der Waals surface area contributed by atoms with Crippen molar-refractivity contribution < 1.29 is 0 Å². The van der Waals surface area contributed by atoms with Crippen molar-refractivity contribution in [3.05, 3.63) is 31.3 Å². The predicted octanol–water partition coefficient (Wildman–Crippen LogP) is 2.50. The predicted molar refractivity (Wildman–Crippen MR) is 82.7 cm³/mol. The van der Waals surface area contributed by atoms with Crippen molar-refractivity contribution in [2.75, 3.05) is 0 Å². The summed E-state index contributed by atoms with van der Waals surface area (Å²) < 4.78 is 2.56. The van der Waals surface area contributed by atoms with Crippen LogP contribution < -0.4 is 11.4 Å². The smallest absolute Gasteiger partial charge is 0.326 e. The van der Waals surface area contributed by atoms with Gasteiger partial charge in [0.05, 0.1) is 5.25 Å². The van der Waals surface area contributed by atoms with Crippen molar-refractivity contribution in [2.24, 2.45) is 12.8 Å². The summed E-state index contributed by atoms with van der Waals surface area (Å²) in [5, 5.41) is 9.26. The highest BCUT2D eigenvalue weighted by molar-refractivity contribution is 9.10. The molecule has 2 heterocycles. The van der Waals surface area contributed by atoms with Crippen LogP contribution in [0.5, 0.6) is 0 Å². The molecule has 19 heavy (non-hydrogen) atoms. The van der Waals surface area contributed by atoms with Crippen LogP contribution in [0.2, 0.25) is 0 Å². The van der Waals surface area contributed by atoms with Gasteiger partial charge >= 0.3 is 5.69 Å². The SMILES string of the molecule is CCC(N)C(Sc1n[nH]c(=O)n1C)c1cc(Br)cs1. The Hall–Kier alpha value is -0.570. The zero-order chi connectivity index (χ0) is 14.0. The lowest BCUT2D eigenvalue weighted by molar-refractivity contribution is 0.635. The van der Waals surface area contributed by atoms with E-state index >= 15 is 0 Å². The number of halogens is 1. The third kappa shape index (κ3) is 3.31. The van der Waals surface area contributed by atoms with E-state index in [1.807, 2.05) is 5.38 Å². The summed E-state index contributed by atoms with van der Waals surface area (Å²) in [6.07, 6.45) is 0.867. The first kappa shape index (κ1) is 14.8. The zero-order valence-electron chi connectivity index (χ0n) is 10.6. The molecule has 0 aliphatic heterocycles. The first-order valence-corrected chi connectivity index (χ1v) is 8.35. The molecule has 104 valence electrons. The Morgan fingerprint density at radius 1 is 1.68 bits per heavy atom. The molecular weight excluding hydrogens is 348 g/mol. The maximum Gasteiger partial charge on any atom is 0.343 e. The lowest BCUT2D eigenvalue weighted by Crippen LogP contribution is -2.25. The van der Waals surface area contributed by atoms with Crippen LogP contribution in [0.1, 0.15) is 23.5 Å². The van der Waals surface area contributed by atoms with Crippen LogP contribution in [-0.2, 0) is 7.05 Å². The molecule has 0 radical (unpaired) electrons. The first-order valence-electron chi connectivity index (χ1n) is 5.80. The number of nitrogens with zero attached hydrogens (tertiary/aromatic N) is 2. The number of hydrogen-bond donors (Lipinski definition) is 2. The van der Waals surface area contributed by atoms with Gasteiger partial charge in [-0.05, 0) is 28.4 Å². The number of thioether (sulfide) groups is 1. The van der Waals surface area contributed by atoms with E-state index in [-0.39, 0.29) is 17.0 Å². The second kappa shape index (κ2) is 6.25. The standard InChI is InChI=1S/C11H15BrN4OS2/c1-3-7(13)9(8-4-6(12)5-18-8)19-11-15-14-10(17)16(11)2/h4-5,7,9H,3,13H2,1-2H3,(H,14,17). The third-order valence-electron chi connectivity index (χ3n) is 2.80. The molecule has 2 unspecified atom stereocenters. The number of aromatic nitrogens is 3. The van der Waals surface area contributed by atoms with Gasteiger partial charge in [0, 0.05) is 27.8 Å². The van der Waals surface area contributed by atoms with E-state index in [9.17, 15) is 4.79 Å². The summed E-state index contributed by atoms with van der Waals surface area (Å²) in [5.74, 6) is 0. The molecule has 0 fully saturated rings. The van der Waals surface area contributed by atoms with Crippen LogP contribution in [-0.4, -0.2) is 20.8 Å². The van der Waals surface area contributed by atoms with Gasteiger partial charge in [-0.1, -0.05) is 18.7 Å². The molecule has 0 bridgehead atoms. The van der Waals surface area contributed by atoms with Crippen molar-refractivity contribution in [1.29, 1.82) is 0 Å². The Kier molecular flexibility index (Phi) is 4.88. The Morgan fingerprint density at radius 2 is 2.42 bits per heavy atom. The number of nitrogens with one attached hydrogen (secondary N) is 1. The fourth-order valence-electron chi connectivity index (χ4n) is 1.60. The summed E-state index contributed by atoms with van der Waals surface area (Å²) in [5.41, 5.74) is 6.00.